The van der Waals surface area contributed by atoms with Crippen molar-refractivity contribution < 1.29 is 42.1 Å². The number of carbonyl (C=O) groups is 3. The zero-order valence-corrected chi connectivity index (χ0v) is 26.0. The summed E-state index contributed by atoms with van der Waals surface area (Å²) in [4.78, 5) is 44.6. The molecule has 4 aliphatic carbocycles. The maximum atomic E-state index is 14.6. The number of carbonyl (C=O) groups excluding carboxylic acids is 2. The van der Waals surface area contributed by atoms with Crippen molar-refractivity contribution in [1.82, 2.24) is 10.3 Å². The third-order valence-electron chi connectivity index (χ3n) is 11.2. The number of primary amides is 1. The van der Waals surface area contributed by atoms with Crippen LogP contribution >= 0.6 is 0 Å². The average molecular weight is 657 g/mol. The molecule has 1 saturated heterocycles. The van der Waals surface area contributed by atoms with E-state index in [0.29, 0.717) is 67.9 Å². The van der Waals surface area contributed by atoms with Gasteiger partial charge in [-0.25, -0.2) is 9.78 Å². The van der Waals surface area contributed by atoms with Crippen LogP contribution in [0.25, 0.3) is 0 Å². The van der Waals surface area contributed by atoms with Crippen molar-refractivity contribution in [3.63, 3.8) is 0 Å². The number of halogens is 3. The van der Waals surface area contributed by atoms with E-state index in [-0.39, 0.29) is 29.8 Å². The van der Waals surface area contributed by atoms with E-state index in [4.69, 9.17) is 15.2 Å². The molecule has 252 valence electrons. The van der Waals surface area contributed by atoms with Crippen molar-refractivity contribution in [2.45, 2.75) is 69.5 Å². The Morgan fingerprint density at radius 1 is 1.04 bits per heavy atom. The van der Waals surface area contributed by atoms with Crippen molar-refractivity contribution in [3.05, 3.63) is 46.6 Å². The van der Waals surface area contributed by atoms with E-state index in [9.17, 15) is 32.7 Å². The summed E-state index contributed by atoms with van der Waals surface area (Å²) in [5, 5.41) is 13.0. The molecule has 0 atom stereocenters. The van der Waals surface area contributed by atoms with Crippen LogP contribution in [0.3, 0.4) is 0 Å². The van der Waals surface area contributed by atoms with Gasteiger partial charge in [0.15, 0.2) is 5.69 Å². The number of nitrogens with two attached hydrogens (primary N) is 1. The van der Waals surface area contributed by atoms with E-state index in [1.165, 1.54) is 4.90 Å². The molecule has 47 heavy (non-hydrogen) atoms. The molecule has 3 heterocycles. The highest BCUT2D eigenvalue weighted by molar-refractivity contribution is 6.04. The molecule has 0 spiro atoms. The van der Waals surface area contributed by atoms with Crippen molar-refractivity contribution in [2.24, 2.45) is 35.3 Å². The molecule has 4 bridgehead atoms. The van der Waals surface area contributed by atoms with Crippen LogP contribution in [0.15, 0.2) is 24.3 Å². The molecule has 0 unspecified atom stereocenters. The number of aromatic nitrogens is 1. The number of carboxylic acids is 1. The first-order chi connectivity index (χ1) is 22.4. The van der Waals surface area contributed by atoms with Crippen LogP contribution < -0.4 is 20.7 Å². The van der Waals surface area contributed by atoms with Gasteiger partial charge in [0.1, 0.15) is 17.1 Å². The Morgan fingerprint density at radius 3 is 2.34 bits per heavy atom. The van der Waals surface area contributed by atoms with E-state index in [1.54, 1.807) is 12.1 Å². The average Bonchev–Trinajstić information content (AvgIpc) is 3.45. The maximum absolute atomic E-state index is 14.6. The molecule has 2 amide bonds. The zero-order valence-electron chi connectivity index (χ0n) is 26.0. The van der Waals surface area contributed by atoms with E-state index < -0.39 is 40.8 Å². The molecule has 5 fully saturated rings. The van der Waals surface area contributed by atoms with Gasteiger partial charge >= 0.3 is 12.1 Å². The Kier molecular flexibility index (Phi) is 8.08. The van der Waals surface area contributed by atoms with E-state index in [1.807, 2.05) is 6.07 Å². The Labute approximate surface area is 270 Å². The van der Waals surface area contributed by atoms with Crippen LogP contribution in [0.5, 0.6) is 5.75 Å². The predicted octanol–water partition coefficient (Wildman–Crippen LogP) is 5.10. The summed E-state index contributed by atoms with van der Waals surface area (Å²) in [6.07, 6.45) is 1.71. The number of amides is 2. The smallest absolute Gasteiger partial charge is 0.434 e. The van der Waals surface area contributed by atoms with Gasteiger partial charge in [-0.2, -0.15) is 13.2 Å². The molecule has 4 N–H and O–H groups in total. The van der Waals surface area contributed by atoms with Crippen LogP contribution in [0.2, 0.25) is 0 Å². The molecular weight excluding hydrogens is 617 g/mol. The van der Waals surface area contributed by atoms with Gasteiger partial charge in [-0.05, 0) is 117 Å². The molecule has 2 aliphatic heterocycles. The molecule has 0 radical (unpaired) electrons. The number of rotatable bonds is 9. The first-order valence-electron chi connectivity index (χ1n) is 16.5. The molecule has 8 rings (SSSR count). The number of pyridine rings is 1. The number of hydrogen-bond acceptors (Lipinski definition) is 7. The summed E-state index contributed by atoms with van der Waals surface area (Å²) in [5.41, 5.74) is 2.59. The number of aliphatic carboxylic acids is 1. The van der Waals surface area contributed by atoms with Crippen molar-refractivity contribution >= 4 is 29.3 Å². The third-order valence-corrected chi connectivity index (χ3v) is 11.2. The lowest BCUT2D eigenvalue weighted by molar-refractivity contribution is -0.163. The second-order valence-corrected chi connectivity index (χ2v) is 13.9. The number of nitrogens with one attached hydrogen (secondary N) is 1. The van der Waals surface area contributed by atoms with Gasteiger partial charge in [0.2, 0.25) is 0 Å². The van der Waals surface area contributed by atoms with Crippen molar-refractivity contribution in [2.75, 3.05) is 31.3 Å². The number of carboxylic acid groups (broad SMARTS) is 1. The standard InChI is InChI=1S/C34H39F3N4O6/c35-34(36,37)28-25(31(43)40-33(32(44)45)22-12-19-11-20(14-22)15-23(33)13-19)17-26(29(38)42)30(39-28)41-7-3-21-16-24(1-2-27(21)41)47-10-6-18-4-8-46-9-5-18/h1-2,16-20,22-23H,3-15H2,(H2,38,42)(H,40,43)(H,44,45). The fraction of sp³-hybridized carbons (Fsp3) is 0.588. The third kappa shape index (κ3) is 5.70. The monoisotopic (exact) mass is 656 g/mol. The predicted molar refractivity (Wildman–Crippen MR) is 163 cm³/mol. The second-order valence-electron chi connectivity index (χ2n) is 13.9. The molecule has 2 aromatic rings. The minimum Gasteiger partial charge on any atom is -0.494 e. The summed E-state index contributed by atoms with van der Waals surface area (Å²) < 4.78 is 55.2. The maximum Gasteiger partial charge on any atom is 0.434 e. The summed E-state index contributed by atoms with van der Waals surface area (Å²) in [5.74, 6) is -2.69. The highest BCUT2D eigenvalue weighted by Crippen LogP contribution is 2.58. The number of benzene rings is 1. The molecule has 1 aromatic heterocycles. The molecule has 10 nitrogen and oxygen atoms in total. The lowest BCUT2D eigenvalue weighted by Gasteiger charge is -2.59. The lowest BCUT2D eigenvalue weighted by atomic mass is 9.48. The molecule has 4 saturated carbocycles. The quantitative estimate of drug-likeness (QED) is 0.338. The SMILES string of the molecule is NC(=O)c1cc(C(=O)NC2(C(=O)O)C3CC4CC(C3)CC2C4)c(C(F)(F)F)nc1N1CCc2cc(OCCC3CCOCC3)ccc21. The van der Waals surface area contributed by atoms with Crippen LogP contribution in [-0.2, 0) is 22.1 Å². The first kappa shape index (κ1) is 31.7. The van der Waals surface area contributed by atoms with Crippen LogP contribution in [0.4, 0.5) is 24.7 Å². The number of anilines is 2. The number of hydrogen-bond donors (Lipinski definition) is 3. The van der Waals surface area contributed by atoms with Gasteiger partial charge in [-0.3, -0.25) is 9.59 Å². The first-order valence-corrected chi connectivity index (χ1v) is 16.5. The molecule has 6 aliphatic rings. The number of fused-ring (bicyclic) bond motifs is 1. The van der Waals surface area contributed by atoms with Crippen molar-refractivity contribution in [3.8, 4) is 5.75 Å². The van der Waals surface area contributed by atoms with Gasteiger partial charge < -0.3 is 30.5 Å². The lowest BCUT2D eigenvalue weighted by Crippen LogP contribution is -2.70. The topological polar surface area (TPSA) is 144 Å². The summed E-state index contributed by atoms with van der Waals surface area (Å²) in [6, 6.07) is 6.11. The Bertz CT molecular complexity index is 1560. The van der Waals surface area contributed by atoms with Crippen molar-refractivity contribution in [1.29, 1.82) is 0 Å². The number of nitrogens with zero attached hydrogens (tertiary/aromatic N) is 2. The summed E-state index contributed by atoms with van der Waals surface area (Å²) in [7, 11) is 0. The fourth-order valence-electron chi connectivity index (χ4n) is 9.14. The Hall–Kier alpha value is -3.87. The number of ether oxygens (including phenoxy) is 2. The van der Waals surface area contributed by atoms with Gasteiger partial charge in [-0.15, -0.1) is 0 Å². The van der Waals surface area contributed by atoms with E-state index >= 15 is 0 Å². The van der Waals surface area contributed by atoms with Crippen LogP contribution in [0.1, 0.15) is 83.3 Å². The van der Waals surface area contributed by atoms with Gasteiger partial charge in [-0.1, -0.05) is 0 Å². The van der Waals surface area contributed by atoms with Gasteiger partial charge in [0, 0.05) is 25.4 Å². The molecular formula is C34H39F3N4O6. The van der Waals surface area contributed by atoms with Gasteiger partial charge in [0.05, 0.1) is 17.7 Å². The zero-order chi connectivity index (χ0) is 33.1. The highest BCUT2D eigenvalue weighted by Gasteiger charge is 2.62. The van der Waals surface area contributed by atoms with Crippen LogP contribution in [0, 0.1) is 29.6 Å². The minimum atomic E-state index is -5.08. The molecule has 13 heteroatoms. The highest BCUT2D eigenvalue weighted by atomic mass is 19.4. The number of alkyl halides is 3. The Morgan fingerprint density at radius 2 is 1.72 bits per heavy atom. The van der Waals surface area contributed by atoms with E-state index in [0.717, 1.165) is 50.5 Å². The minimum absolute atomic E-state index is 0.227. The van der Waals surface area contributed by atoms with E-state index in [2.05, 4.69) is 10.3 Å². The van der Waals surface area contributed by atoms with Crippen LogP contribution in [-0.4, -0.2) is 59.8 Å². The van der Waals surface area contributed by atoms with Gasteiger partial charge in [0.25, 0.3) is 11.8 Å². The summed E-state index contributed by atoms with van der Waals surface area (Å²) in [6.45, 7) is 2.27. The Balaban J connectivity index is 1.17. The normalized spacial score (nSPS) is 28.3. The second kappa shape index (κ2) is 12.0. The molecule has 1 aromatic carbocycles. The fourth-order valence-corrected chi connectivity index (χ4v) is 9.14. The summed E-state index contributed by atoms with van der Waals surface area (Å²) >= 11 is 0. The largest absolute Gasteiger partial charge is 0.494 e.